The smallest absolute Gasteiger partial charge is 0.271 e. The van der Waals surface area contributed by atoms with E-state index in [9.17, 15) is 15.2 Å². The van der Waals surface area contributed by atoms with Crippen molar-refractivity contribution in [3.8, 4) is 5.75 Å². The van der Waals surface area contributed by atoms with Crippen molar-refractivity contribution in [1.82, 2.24) is 4.98 Å². The van der Waals surface area contributed by atoms with Crippen LogP contribution in [0.4, 0.5) is 11.4 Å². The van der Waals surface area contributed by atoms with Crippen molar-refractivity contribution >= 4 is 17.1 Å². The summed E-state index contributed by atoms with van der Waals surface area (Å²) < 4.78 is 0. The van der Waals surface area contributed by atoms with Gasteiger partial charge in [0.05, 0.1) is 16.3 Å². The molecule has 0 atom stereocenters. The average molecular weight is 257 g/mol. The maximum Gasteiger partial charge on any atom is 0.271 e. The third kappa shape index (κ3) is 2.92. The van der Waals surface area contributed by atoms with Gasteiger partial charge >= 0.3 is 0 Å². The monoisotopic (exact) mass is 257 g/mol. The molecule has 1 aromatic heterocycles. The number of aromatic nitrogens is 1. The molecule has 0 bridgehead atoms. The molecule has 0 aliphatic carbocycles. The predicted octanol–water partition coefficient (Wildman–Crippen LogP) is 2.84. The van der Waals surface area contributed by atoms with Crippen molar-refractivity contribution in [2.45, 2.75) is 6.92 Å². The SMILES string of the molecule is C/C(=N\c1cc([N+](=O)[O-])ccc1O)c1ccccn1. The average Bonchev–Trinajstić information content (AvgIpc) is 2.42. The van der Waals surface area contributed by atoms with E-state index in [0.29, 0.717) is 11.4 Å². The van der Waals surface area contributed by atoms with Crippen LogP contribution in [0.3, 0.4) is 0 Å². The van der Waals surface area contributed by atoms with Gasteiger partial charge in [-0.25, -0.2) is 4.99 Å². The minimum absolute atomic E-state index is 0.110. The molecule has 6 nitrogen and oxygen atoms in total. The largest absolute Gasteiger partial charge is 0.506 e. The Kier molecular flexibility index (Phi) is 3.51. The first kappa shape index (κ1) is 12.7. The normalized spacial score (nSPS) is 11.3. The van der Waals surface area contributed by atoms with Crippen LogP contribution in [0.15, 0.2) is 47.6 Å². The van der Waals surface area contributed by atoms with Gasteiger partial charge in [0.1, 0.15) is 11.4 Å². The number of rotatable bonds is 3. The molecule has 0 saturated heterocycles. The lowest BCUT2D eigenvalue weighted by Gasteiger charge is -2.02. The fourth-order valence-electron chi connectivity index (χ4n) is 1.53. The Morgan fingerprint density at radius 1 is 1.37 bits per heavy atom. The van der Waals surface area contributed by atoms with Gasteiger partial charge in [-0.15, -0.1) is 0 Å². The first-order valence-corrected chi connectivity index (χ1v) is 5.52. The van der Waals surface area contributed by atoms with E-state index >= 15 is 0 Å². The van der Waals surface area contributed by atoms with Gasteiger partial charge in [0.15, 0.2) is 0 Å². The number of nitrogens with zero attached hydrogens (tertiary/aromatic N) is 3. The molecule has 0 amide bonds. The summed E-state index contributed by atoms with van der Waals surface area (Å²) in [5, 5.41) is 20.3. The molecule has 2 rings (SSSR count). The van der Waals surface area contributed by atoms with Gasteiger partial charge in [-0.05, 0) is 25.1 Å². The van der Waals surface area contributed by atoms with E-state index < -0.39 is 4.92 Å². The highest BCUT2D eigenvalue weighted by Crippen LogP contribution is 2.30. The van der Waals surface area contributed by atoms with Gasteiger partial charge in [-0.1, -0.05) is 6.07 Å². The molecule has 0 unspecified atom stereocenters. The Morgan fingerprint density at radius 3 is 2.79 bits per heavy atom. The molecule has 96 valence electrons. The van der Waals surface area contributed by atoms with Crippen molar-refractivity contribution in [3.05, 3.63) is 58.4 Å². The summed E-state index contributed by atoms with van der Waals surface area (Å²) in [6, 6.07) is 9.07. The highest BCUT2D eigenvalue weighted by Gasteiger charge is 2.10. The number of phenols is 1. The number of hydrogen-bond donors (Lipinski definition) is 1. The van der Waals surface area contributed by atoms with Crippen LogP contribution in [-0.4, -0.2) is 20.7 Å². The van der Waals surface area contributed by atoms with Crippen LogP contribution < -0.4 is 0 Å². The molecule has 0 saturated carbocycles. The molecule has 1 N–H and O–H groups in total. The van der Waals surface area contributed by atoms with Crippen LogP contribution in [0.1, 0.15) is 12.6 Å². The quantitative estimate of drug-likeness (QED) is 0.520. The predicted molar refractivity (Wildman–Crippen MR) is 70.9 cm³/mol. The second-order valence-electron chi connectivity index (χ2n) is 3.84. The van der Waals surface area contributed by atoms with E-state index in [0.717, 1.165) is 0 Å². The number of non-ortho nitro benzene ring substituents is 1. The molecular formula is C13H11N3O3. The third-order valence-electron chi connectivity index (χ3n) is 2.49. The zero-order valence-electron chi connectivity index (χ0n) is 10.1. The zero-order valence-corrected chi connectivity index (χ0v) is 10.1. The number of benzene rings is 1. The fraction of sp³-hybridized carbons (Fsp3) is 0.0769. The molecule has 2 aromatic rings. The topological polar surface area (TPSA) is 88.6 Å². The van der Waals surface area contributed by atoms with Crippen molar-refractivity contribution < 1.29 is 10.0 Å². The number of hydrogen-bond acceptors (Lipinski definition) is 5. The maximum absolute atomic E-state index is 10.7. The molecule has 0 aliphatic heterocycles. The summed E-state index contributed by atoms with van der Waals surface area (Å²) in [5.41, 5.74) is 1.24. The zero-order chi connectivity index (χ0) is 13.8. The van der Waals surface area contributed by atoms with E-state index in [-0.39, 0.29) is 17.1 Å². The van der Waals surface area contributed by atoms with Crippen molar-refractivity contribution in [2.75, 3.05) is 0 Å². The Bertz CT molecular complexity index is 639. The second kappa shape index (κ2) is 5.26. The summed E-state index contributed by atoms with van der Waals surface area (Å²) in [4.78, 5) is 18.4. The summed E-state index contributed by atoms with van der Waals surface area (Å²) >= 11 is 0. The number of aliphatic imine (C=N–C) groups is 1. The van der Waals surface area contributed by atoms with Gasteiger partial charge in [0.2, 0.25) is 0 Å². The molecule has 0 fully saturated rings. The van der Waals surface area contributed by atoms with Crippen molar-refractivity contribution in [2.24, 2.45) is 4.99 Å². The molecule has 0 radical (unpaired) electrons. The van der Waals surface area contributed by atoms with Crippen LogP contribution in [-0.2, 0) is 0 Å². The van der Waals surface area contributed by atoms with Crippen molar-refractivity contribution in [1.29, 1.82) is 0 Å². The minimum Gasteiger partial charge on any atom is -0.506 e. The first-order chi connectivity index (χ1) is 9.08. The number of aromatic hydroxyl groups is 1. The highest BCUT2D eigenvalue weighted by molar-refractivity contribution is 5.98. The lowest BCUT2D eigenvalue weighted by Crippen LogP contribution is -1.97. The third-order valence-corrected chi connectivity index (χ3v) is 2.49. The molecular weight excluding hydrogens is 246 g/mol. The Balaban J connectivity index is 2.42. The lowest BCUT2D eigenvalue weighted by atomic mass is 10.2. The summed E-state index contributed by atoms with van der Waals surface area (Å²) in [7, 11) is 0. The van der Waals surface area contributed by atoms with Crippen LogP contribution in [0.5, 0.6) is 5.75 Å². The van der Waals surface area contributed by atoms with Gasteiger partial charge < -0.3 is 5.11 Å². The van der Waals surface area contributed by atoms with E-state index in [2.05, 4.69) is 9.98 Å². The lowest BCUT2D eigenvalue weighted by molar-refractivity contribution is -0.384. The Morgan fingerprint density at radius 2 is 2.16 bits per heavy atom. The van der Waals surface area contributed by atoms with E-state index in [1.165, 1.54) is 18.2 Å². The summed E-state index contributed by atoms with van der Waals surface area (Å²) in [6.45, 7) is 1.72. The molecule has 1 aromatic carbocycles. The van der Waals surface area contributed by atoms with Gasteiger partial charge in [-0.2, -0.15) is 0 Å². The molecule has 1 heterocycles. The number of nitro groups is 1. The van der Waals surface area contributed by atoms with Crippen LogP contribution in [0.25, 0.3) is 0 Å². The molecule has 6 heteroatoms. The second-order valence-corrected chi connectivity index (χ2v) is 3.84. The number of nitro benzene ring substituents is 1. The summed E-state index contributed by atoms with van der Waals surface area (Å²) in [5.74, 6) is -0.110. The first-order valence-electron chi connectivity index (χ1n) is 5.52. The van der Waals surface area contributed by atoms with E-state index in [1.54, 1.807) is 25.3 Å². The summed E-state index contributed by atoms with van der Waals surface area (Å²) in [6.07, 6.45) is 1.63. The minimum atomic E-state index is -0.533. The van der Waals surface area contributed by atoms with E-state index in [4.69, 9.17) is 0 Å². The number of pyridine rings is 1. The van der Waals surface area contributed by atoms with E-state index in [1.807, 2.05) is 6.07 Å². The van der Waals surface area contributed by atoms with Crippen molar-refractivity contribution in [3.63, 3.8) is 0 Å². The van der Waals surface area contributed by atoms with Gasteiger partial charge in [0.25, 0.3) is 5.69 Å². The standard InChI is InChI=1S/C13H11N3O3/c1-9(11-4-2-3-7-14-11)15-12-8-10(16(18)19)5-6-13(12)17/h2-8,17H,1H3/b15-9+. The van der Waals surface area contributed by atoms with Crippen LogP contribution >= 0.6 is 0 Å². The number of phenolic OH excluding ortho intramolecular Hbond substituents is 1. The Labute approximate surface area is 109 Å². The molecule has 0 spiro atoms. The van der Waals surface area contributed by atoms with Crippen LogP contribution in [0.2, 0.25) is 0 Å². The van der Waals surface area contributed by atoms with Gasteiger partial charge in [-0.3, -0.25) is 15.1 Å². The molecule has 0 aliphatic rings. The highest BCUT2D eigenvalue weighted by atomic mass is 16.6. The maximum atomic E-state index is 10.7. The fourth-order valence-corrected chi connectivity index (χ4v) is 1.53. The van der Waals surface area contributed by atoms with Gasteiger partial charge in [0, 0.05) is 18.3 Å². The van der Waals surface area contributed by atoms with Crippen LogP contribution in [0, 0.1) is 10.1 Å². The Hall–Kier alpha value is -2.76. The molecule has 19 heavy (non-hydrogen) atoms.